The zero-order valence-corrected chi connectivity index (χ0v) is 16.9. The Morgan fingerprint density at radius 3 is 2.54 bits per heavy atom. The first-order chi connectivity index (χ1) is 13.5. The van der Waals surface area contributed by atoms with Crippen LogP contribution in [0.15, 0.2) is 72.5 Å². The standard InChI is InChI=1S/C21H25N2O4S/c1-3-28(24,25)23(13-7-8-17(15-22)16-23)18-9-6-10-19(14-18)27-21-12-5-4-11-20(21)26-2/h4-12,14,16H,3,13,15,22H2,1-2H3/q+1. The predicted molar refractivity (Wildman–Crippen MR) is 112 cm³/mol. The van der Waals surface area contributed by atoms with Gasteiger partial charge >= 0.3 is 10.0 Å². The van der Waals surface area contributed by atoms with E-state index in [2.05, 4.69) is 0 Å². The smallest absolute Gasteiger partial charge is 0.306 e. The second kappa shape index (κ2) is 8.18. The summed E-state index contributed by atoms with van der Waals surface area (Å²) in [6.07, 6.45) is 5.45. The molecule has 6 nitrogen and oxygen atoms in total. The number of nitrogens with zero attached hydrogens (tertiary/aromatic N) is 1. The zero-order valence-electron chi connectivity index (χ0n) is 16.0. The van der Waals surface area contributed by atoms with Crippen LogP contribution in [0.1, 0.15) is 6.92 Å². The van der Waals surface area contributed by atoms with Crippen LogP contribution in [0.3, 0.4) is 0 Å². The zero-order chi connectivity index (χ0) is 20.2. The lowest BCUT2D eigenvalue weighted by Crippen LogP contribution is -2.51. The number of quaternary nitrogens is 1. The Hall–Kier alpha value is -2.61. The van der Waals surface area contributed by atoms with Gasteiger partial charge in [-0.25, -0.2) is 0 Å². The molecule has 1 aliphatic rings. The van der Waals surface area contributed by atoms with E-state index in [1.54, 1.807) is 56.6 Å². The van der Waals surface area contributed by atoms with Crippen LogP contribution in [0.25, 0.3) is 0 Å². The van der Waals surface area contributed by atoms with E-state index in [-0.39, 0.29) is 16.2 Å². The summed E-state index contributed by atoms with van der Waals surface area (Å²) in [6, 6.07) is 14.4. The van der Waals surface area contributed by atoms with Gasteiger partial charge in [-0.1, -0.05) is 24.3 Å². The van der Waals surface area contributed by atoms with Crippen molar-refractivity contribution in [1.29, 1.82) is 0 Å². The van der Waals surface area contributed by atoms with Crippen LogP contribution in [0.4, 0.5) is 5.69 Å². The Labute approximate surface area is 166 Å². The molecule has 7 heteroatoms. The number of benzene rings is 2. The average molecular weight is 402 g/mol. The Balaban J connectivity index is 2.07. The minimum absolute atomic E-state index is 0.00673. The monoisotopic (exact) mass is 401 g/mol. The van der Waals surface area contributed by atoms with Gasteiger partial charge in [-0.05, 0) is 31.2 Å². The van der Waals surface area contributed by atoms with Gasteiger partial charge in [0.25, 0.3) is 0 Å². The largest absolute Gasteiger partial charge is 0.493 e. The van der Waals surface area contributed by atoms with E-state index in [1.165, 1.54) is 0 Å². The second-order valence-electron chi connectivity index (χ2n) is 6.41. The third kappa shape index (κ3) is 3.69. The molecule has 0 aliphatic carbocycles. The number of ether oxygens (including phenoxy) is 2. The van der Waals surface area contributed by atoms with Crippen LogP contribution in [-0.2, 0) is 10.0 Å². The number of hydrogen-bond acceptors (Lipinski definition) is 5. The van der Waals surface area contributed by atoms with E-state index in [0.717, 1.165) is 5.57 Å². The van der Waals surface area contributed by atoms with E-state index >= 15 is 0 Å². The molecule has 1 atom stereocenters. The molecule has 2 aromatic rings. The van der Waals surface area contributed by atoms with Crippen molar-refractivity contribution in [3.05, 3.63) is 72.5 Å². The second-order valence-corrected chi connectivity index (χ2v) is 8.80. The molecule has 3 rings (SSSR count). The SMILES string of the molecule is CCS(=O)(=O)[N+]1(c2cccc(Oc3ccccc3OC)c2)C=C(CN)C=CC1. The van der Waals surface area contributed by atoms with E-state index in [4.69, 9.17) is 15.2 Å². The quantitative estimate of drug-likeness (QED) is 0.718. The first-order valence-electron chi connectivity index (χ1n) is 9.06. The highest BCUT2D eigenvalue weighted by molar-refractivity contribution is 7.91. The van der Waals surface area contributed by atoms with Gasteiger partial charge in [0.15, 0.2) is 17.2 Å². The van der Waals surface area contributed by atoms with Gasteiger partial charge in [0.05, 0.1) is 12.9 Å². The van der Waals surface area contributed by atoms with Gasteiger partial charge < -0.3 is 15.2 Å². The first kappa shape index (κ1) is 20.1. The number of para-hydroxylation sites is 2. The van der Waals surface area contributed by atoms with Crippen LogP contribution in [-0.4, -0.2) is 34.4 Å². The molecular formula is C21H25N2O4S+. The van der Waals surface area contributed by atoms with Crippen molar-refractivity contribution in [3.8, 4) is 17.2 Å². The summed E-state index contributed by atoms with van der Waals surface area (Å²) in [4.78, 5) is 0. The fraction of sp³-hybridized carbons (Fsp3) is 0.238. The van der Waals surface area contributed by atoms with E-state index < -0.39 is 10.0 Å². The highest BCUT2D eigenvalue weighted by atomic mass is 32.2. The molecule has 1 aliphatic heterocycles. The van der Waals surface area contributed by atoms with Crippen LogP contribution in [0, 0.1) is 0 Å². The number of rotatable bonds is 7. The van der Waals surface area contributed by atoms with Crippen molar-refractivity contribution in [2.24, 2.45) is 5.73 Å². The van der Waals surface area contributed by atoms with Gasteiger partial charge in [0.1, 0.15) is 18.5 Å². The Kier molecular flexibility index (Phi) is 5.88. The predicted octanol–water partition coefficient (Wildman–Crippen LogP) is 3.56. The minimum atomic E-state index is -3.51. The molecule has 0 saturated carbocycles. The topological polar surface area (TPSA) is 78.6 Å². The lowest BCUT2D eigenvalue weighted by Gasteiger charge is -2.34. The van der Waals surface area contributed by atoms with E-state index in [9.17, 15) is 8.42 Å². The van der Waals surface area contributed by atoms with Crippen LogP contribution in [0.5, 0.6) is 17.2 Å². The van der Waals surface area contributed by atoms with Gasteiger partial charge in [0.2, 0.25) is 0 Å². The fourth-order valence-corrected chi connectivity index (χ4v) is 4.73. The first-order valence-corrected chi connectivity index (χ1v) is 10.7. The molecule has 148 valence electrons. The maximum Gasteiger partial charge on any atom is 0.306 e. The molecule has 2 aromatic carbocycles. The summed E-state index contributed by atoms with van der Waals surface area (Å²) >= 11 is 0. The summed E-state index contributed by atoms with van der Waals surface area (Å²) in [5.74, 6) is 1.70. The molecule has 1 heterocycles. The average Bonchev–Trinajstić information content (AvgIpc) is 2.74. The molecule has 1 unspecified atom stereocenters. The van der Waals surface area contributed by atoms with Crippen molar-refractivity contribution in [2.75, 3.05) is 26.0 Å². The van der Waals surface area contributed by atoms with Crippen molar-refractivity contribution >= 4 is 15.7 Å². The molecule has 0 radical (unpaired) electrons. The fourth-order valence-electron chi connectivity index (χ4n) is 3.22. The normalized spacial score (nSPS) is 19.2. The molecule has 0 bridgehead atoms. The Morgan fingerprint density at radius 2 is 1.86 bits per heavy atom. The lowest BCUT2D eigenvalue weighted by molar-refractivity contribution is 0.378. The van der Waals surface area contributed by atoms with Gasteiger partial charge in [0, 0.05) is 24.3 Å². The highest BCUT2D eigenvalue weighted by Crippen LogP contribution is 2.37. The third-order valence-corrected chi connectivity index (χ3v) is 6.92. The molecule has 2 N–H and O–H groups in total. The van der Waals surface area contributed by atoms with Crippen molar-refractivity contribution in [1.82, 2.24) is 3.89 Å². The lowest BCUT2D eigenvalue weighted by atomic mass is 10.2. The Morgan fingerprint density at radius 1 is 1.11 bits per heavy atom. The van der Waals surface area contributed by atoms with E-state index in [1.807, 2.05) is 24.3 Å². The molecule has 0 amide bonds. The molecule has 0 spiro atoms. The summed E-state index contributed by atoms with van der Waals surface area (Å²) in [5, 5.41) is 0. The molecular weight excluding hydrogens is 376 g/mol. The highest BCUT2D eigenvalue weighted by Gasteiger charge is 2.42. The molecule has 0 aromatic heterocycles. The minimum Gasteiger partial charge on any atom is -0.493 e. The van der Waals surface area contributed by atoms with Gasteiger partial charge in [-0.15, -0.1) is 0 Å². The molecule has 28 heavy (non-hydrogen) atoms. The third-order valence-electron chi connectivity index (χ3n) is 4.73. The van der Waals surface area contributed by atoms with Crippen LogP contribution in [0.2, 0.25) is 0 Å². The van der Waals surface area contributed by atoms with Crippen molar-refractivity contribution in [2.45, 2.75) is 6.92 Å². The van der Waals surface area contributed by atoms with Crippen molar-refractivity contribution < 1.29 is 17.9 Å². The van der Waals surface area contributed by atoms with Crippen molar-refractivity contribution in [3.63, 3.8) is 0 Å². The summed E-state index contributed by atoms with van der Waals surface area (Å²) in [5.41, 5.74) is 7.17. The van der Waals surface area contributed by atoms with Crippen LogP contribution >= 0.6 is 0 Å². The number of nitrogens with two attached hydrogens (primary N) is 1. The van der Waals surface area contributed by atoms with Gasteiger partial charge in [-0.2, -0.15) is 12.3 Å². The summed E-state index contributed by atoms with van der Waals surface area (Å²) < 4.78 is 37.2. The van der Waals surface area contributed by atoms with Crippen LogP contribution < -0.4 is 19.1 Å². The number of sulfonamides is 1. The summed E-state index contributed by atoms with van der Waals surface area (Å²) in [6.45, 7) is 2.23. The Bertz CT molecular complexity index is 1010. The molecule has 0 fully saturated rings. The number of hydrogen-bond donors (Lipinski definition) is 1. The van der Waals surface area contributed by atoms with E-state index in [0.29, 0.717) is 29.5 Å². The number of methoxy groups -OCH3 is 1. The maximum absolute atomic E-state index is 13.1. The maximum atomic E-state index is 13.1. The molecule has 0 saturated heterocycles. The summed E-state index contributed by atoms with van der Waals surface area (Å²) in [7, 11) is -1.93. The van der Waals surface area contributed by atoms with Gasteiger partial charge in [-0.3, -0.25) is 0 Å².